The van der Waals surface area contributed by atoms with Gasteiger partial charge in [-0.15, -0.1) is 0 Å². The standard InChI is InChI=1S/C15H15F2N3O2/c16-12-2-1-10(5-13(12)17)9-22-15-7-18-14(6-19-15)20-4-3-11(21)8-20/h1-2,5-7,11,21H,3-4,8-9H2/t11-/m1/s1. The summed E-state index contributed by atoms with van der Waals surface area (Å²) in [6.45, 7) is 1.36. The Labute approximate surface area is 126 Å². The van der Waals surface area contributed by atoms with E-state index in [1.54, 1.807) is 6.20 Å². The van der Waals surface area contributed by atoms with E-state index in [1.165, 1.54) is 12.3 Å². The molecule has 2 heterocycles. The number of aliphatic hydroxyl groups excluding tert-OH is 1. The molecule has 1 fully saturated rings. The van der Waals surface area contributed by atoms with E-state index in [0.717, 1.165) is 25.1 Å². The number of nitrogens with zero attached hydrogens (tertiary/aromatic N) is 3. The van der Waals surface area contributed by atoms with E-state index < -0.39 is 11.6 Å². The van der Waals surface area contributed by atoms with Crippen LogP contribution in [0.4, 0.5) is 14.6 Å². The molecule has 0 radical (unpaired) electrons. The van der Waals surface area contributed by atoms with Crippen molar-refractivity contribution in [3.63, 3.8) is 0 Å². The Kier molecular flexibility index (Phi) is 4.15. The molecular formula is C15H15F2N3O2. The summed E-state index contributed by atoms with van der Waals surface area (Å²) in [4.78, 5) is 10.3. The van der Waals surface area contributed by atoms with Crippen LogP contribution in [0.5, 0.6) is 5.88 Å². The Morgan fingerprint density at radius 3 is 2.73 bits per heavy atom. The average molecular weight is 307 g/mol. The quantitative estimate of drug-likeness (QED) is 0.935. The van der Waals surface area contributed by atoms with Crippen LogP contribution in [0.25, 0.3) is 0 Å². The minimum atomic E-state index is -0.907. The molecule has 1 aromatic carbocycles. The predicted octanol–water partition coefficient (Wildman–Crippen LogP) is 1.90. The van der Waals surface area contributed by atoms with Crippen molar-refractivity contribution < 1.29 is 18.6 Å². The lowest BCUT2D eigenvalue weighted by molar-refractivity contribution is 0.198. The maximum absolute atomic E-state index is 13.1. The van der Waals surface area contributed by atoms with Crippen molar-refractivity contribution in [1.29, 1.82) is 0 Å². The zero-order chi connectivity index (χ0) is 15.5. The van der Waals surface area contributed by atoms with Crippen LogP contribution in [0.3, 0.4) is 0 Å². The Balaban J connectivity index is 1.60. The van der Waals surface area contributed by atoms with E-state index in [9.17, 15) is 13.9 Å². The number of anilines is 1. The summed E-state index contributed by atoms with van der Waals surface area (Å²) in [5.41, 5.74) is 0.507. The maximum Gasteiger partial charge on any atom is 0.232 e. The lowest BCUT2D eigenvalue weighted by Crippen LogP contribution is -2.22. The summed E-state index contributed by atoms with van der Waals surface area (Å²) < 4.78 is 31.3. The number of halogens is 2. The molecule has 7 heteroatoms. The van der Waals surface area contributed by atoms with Crippen LogP contribution in [0.1, 0.15) is 12.0 Å². The van der Waals surface area contributed by atoms with Crippen LogP contribution >= 0.6 is 0 Å². The molecular weight excluding hydrogens is 292 g/mol. The SMILES string of the molecule is O[C@@H]1CCN(c2cnc(OCc3ccc(F)c(F)c3)cn2)C1. The summed E-state index contributed by atoms with van der Waals surface area (Å²) in [5, 5.41) is 9.50. The van der Waals surface area contributed by atoms with Crippen molar-refractivity contribution in [2.75, 3.05) is 18.0 Å². The summed E-state index contributed by atoms with van der Waals surface area (Å²) in [6.07, 6.45) is 3.43. The number of ether oxygens (including phenoxy) is 1. The summed E-state index contributed by atoms with van der Waals surface area (Å²) in [6, 6.07) is 3.59. The molecule has 1 saturated heterocycles. The van der Waals surface area contributed by atoms with Gasteiger partial charge in [0.2, 0.25) is 5.88 Å². The van der Waals surface area contributed by atoms with E-state index in [2.05, 4.69) is 9.97 Å². The van der Waals surface area contributed by atoms with Crippen LogP contribution in [0.2, 0.25) is 0 Å². The van der Waals surface area contributed by atoms with Gasteiger partial charge in [-0.2, -0.15) is 0 Å². The number of aromatic nitrogens is 2. The van der Waals surface area contributed by atoms with Crippen molar-refractivity contribution in [3.8, 4) is 5.88 Å². The van der Waals surface area contributed by atoms with Gasteiger partial charge in [-0.05, 0) is 24.1 Å². The molecule has 2 aromatic rings. The first-order valence-corrected chi connectivity index (χ1v) is 6.93. The van der Waals surface area contributed by atoms with Gasteiger partial charge >= 0.3 is 0 Å². The van der Waals surface area contributed by atoms with E-state index in [0.29, 0.717) is 23.8 Å². The molecule has 116 valence electrons. The van der Waals surface area contributed by atoms with Gasteiger partial charge in [0.1, 0.15) is 12.4 Å². The molecule has 0 spiro atoms. The normalized spacial score (nSPS) is 17.8. The number of hydrogen-bond acceptors (Lipinski definition) is 5. The molecule has 1 N–H and O–H groups in total. The van der Waals surface area contributed by atoms with Crippen molar-refractivity contribution in [3.05, 3.63) is 47.8 Å². The summed E-state index contributed by atoms with van der Waals surface area (Å²) in [5.74, 6) is -0.819. The largest absolute Gasteiger partial charge is 0.472 e. The third-order valence-corrected chi connectivity index (χ3v) is 3.47. The topological polar surface area (TPSA) is 58.5 Å². The highest BCUT2D eigenvalue weighted by Gasteiger charge is 2.21. The molecule has 0 amide bonds. The Morgan fingerprint density at radius 1 is 1.23 bits per heavy atom. The van der Waals surface area contributed by atoms with Crippen molar-refractivity contribution in [2.24, 2.45) is 0 Å². The minimum absolute atomic E-state index is 0.0770. The smallest absolute Gasteiger partial charge is 0.232 e. The second-order valence-corrected chi connectivity index (χ2v) is 5.14. The summed E-state index contributed by atoms with van der Waals surface area (Å²) >= 11 is 0. The van der Waals surface area contributed by atoms with Crippen LogP contribution in [-0.4, -0.2) is 34.3 Å². The fourth-order valence-corrected chi connectivity index (χ4v) is 2.28. The average Bonchev–Trinajstić information content (AvgIpc) is 2.95. The highest BCUT2D eigenvalue weighted by molar-refractivity contribution is 5.38. The molecule has 1 aliphatic heterocycles. The third-order valence-electron chi connectivity index (χ3n) is 3.47. The zero-order valence-corrected chi connectivity index (χ0v) is 11.7. The van der Waals surface area contributed by atoms with E-state index in [-0.39, 0.29) is 12.7 Å². The van der Waals surface area contributed by atoms with E-state index in [4.69, 9.17) is 4.74 Å². The molecule has 0 aliphatic carbocycles. The highest BCUT2D eigenvalue weighted by Crippen LogP contribution is 2.19. The maximum atomic E-state index is 13.1. The Bertz CT molecular complexity index is 652. The molecule has 22 heavy (non-hydrogen) atoms. The molecule has 0 saturated carbocycles. The molecule has 1 atom stereocenters. The minimum Gasteiger partial charge on any atom is -0.472 e. The van der Waals surface area contributed by atoms with Crippen molar-refractivity contribution in [1.82, 2.24) is 9.97 Å². The monoisotopic (exact) mass is 307 g/mol. The summed E-state index contributed by atoms with van der Waals surface area (Å²) in [7, 11) is 0. The number of rotatable bonds is 4. The van der Waals surface area contributed by atoms with Gasteiger partial charge in [-0.1, -0.05) is 6.07 Å². The first kappa shape index (κ1) is 14.6. The van der Waals surface area contributed by atoms with Crippen LogP contribution in [0.15, 0.2) is 30.6 Å². The fourth-order valence-electron chi connectivity index (χ4n) is 2.28. The molecule has 1 aromatic heterocycles. The van der Waals surface area contributed by atoms with Gasteiger partial charge < -0.3 is 14.7 Å². The Hall–Kier alpha value is -2.28. The Morgan fingerprint density at radius 2 is 2.09 bits per heavy atom. The van der Waals surface area contributed by atoms with Gasteiger partial charge in [-0.3, -0.25) is 0 Å². The lowest BCUT2D eigenvalue weighted by Gasteiger charge is -2.16. The lowest BCUT2D eigenvalue weighted by atomic mass is 10.2. The first-order chi connectivity index (χ1) is 10.6. The second-order valence-electron chi connectivity index (χ2n) is 5.14. The zero-order valence-electron chi connectivity index (χ0n) is 11.7. The van der Waals surface area contributed by atoms with Gasteiger partial charge in [0.15, 0.2) is 11.6 Å². The first-order valence-electron chi connectivity index (χ1n) is 6.93. The van der Waals surface area contributed by atoms with Gasteiger partial charge in [0, 0.05) is 13.1 Å². The van der Waals surface area contributed by atoms with Crippen LogP contribution < -0.4 is 9.64 Å². The van der Waals surface area contributed by atoms with Crippen molar-refractivity contribution in [2.45, 2.75) is 19.1 Å². The second kappa shape index (κ2) is 6.23. The van der Waals surface area contributed by atoms with Gasteiger partial charge in [-0.25, -0.2) is 18.7 Å². The molecule has 5 nitrogen and oxygen atoms in total. The highest BCUT2D eigenvalue weighted by atomic mass is 19.2. The number of hydrogen-bond donors (Lipinski definition) is 1. The van der Waals surface area contributed by atoms with Gasteiger partial charge in [0.05, 0.1) is 18.5 Å². The predicted molar refractivity (Wildman–Crippen MR) is 75.6 cm³/mol. The molecule has 0 bridgehead atoms. The molecule has 3 rings (SSSR count). The molecule has 1 aliphatic rings. The fraction of sp³-hybridized carbons (Fsp3) is 0.333. The number of benzene rings is 1. The van der Waals surface area contributed by atoms with Crippen LogP contribution in [-0.2, 0) is 6.61 Å². The van der Waals surface area contributed by atoms with Crippen molar-refractivity contribution >= 4 is 5.82 Å². The van der Waals surface area contributed by atoms with E-state index in [1.807, 2.05) is 4.90 Å². The third kappa shape index (κ3) is 3.30. The number of aliphatic hydroxyl groups is 1. The van der Waals surface area contributed by atoms with Gasteiger partial charge in [0.25, 0.3) is 0 Å². The van der Waals surface area contributed by atoms with Crippen LogP contribution in [0, 0.1) is 11.6 Å². The van der Waals surface area contributed by atoms with E-state index >= 15 is 0 Å². The number of β-amino-alcohol motifs (C(OH)–C–C–N with tert-alkyl or cyclic N) is 1. The molecule has 0 unspecified atom stereocenters.